The summed E-state index contributed by atoms with van der Waals surface area (Å²) < 4.78 is 5.51. The maximum atomic E-state index is 12.5. The lowest BCUT2D eigenvalue weighted by molar-refractivity contribution is 0.0953. The minimum absolute atomic E-state index is 0.0767. The van der Waals surface area contributed by atoms with Crippen molar-refractivity contribution in [1.82, 2.24) is 15.5 Å². The largest absolute Gasteiger partial charge is 0.355 e. The lowest BCUT2D eigenvalue weighted by Crippen LogP contribution is -2.24. The van der Waals surface area contributed by atoms with Gasteiger partial charge in [0.2, 0.25) is 0 Å². The zero-order valence-corrected chi connectivity index (χ0v) is 16.5. The number of rotatable bonds is 7. The topological polar surface area (TPSA) is 68.0 Å². The smallest absolute Gasteiger partial charge is 0.251 e. The molecule has 0 bridgehead atoms. The van der Waals surface area contributed by atoms with Gasteiger partial charge in [-0.05, 0) is 44.4 Å². The molecule has 4 rings (SSSR count). The quantitative estimate of drug-likeness (QED) is 0.450. The lowest BCUT2D eigenvalue weighted by atomic mass is 10.1. The number of nitrogens with zero attached hydrogens (tertiary/aromatic N) is 2. The summed E-state index contributed by atoms with van der Waals surface area (Å²) in [6, 6.07) is 15.3. The number of hydrogen-bond donors (Lipinski definition) is 1. The van der Waals surface area contributed by atoms with E-state index in [4.69, 9.17) is 4.52 Å². The van der Waals surface area contributed by atoms with Crippen molar-refractivity contribution < 1.29 is 9.32 Å². The molecule has 6 heteroatoms. The number of thiazole rings is 1. The van der Waals surface area contributed by atoms with Gasteiger partial charge in [0, 0.05) is 28.7 Å². The number of aromatic nitrogens is 2. The van der Waals surface area contributed by atoms with E-state index in [0.29, 0.717) is 17.9 Å². The highest BCUT2D eigenvalue weighted by Crippen LogP contribution is 2.29. The van der Waals surface area contributed by atoms with Crippen LogP contribution < -0.4 is 5.32 Å². The molecule has 0 unspecified atom stereocenters. The van der Waals surface area contributed by atoms with Crippen molar-refractivity contribution in [1.29, 1.82) is 0 Å². The van der Waals surface area contributed by atoms with Crippen molar-refractivity contribution in [2.45, 2.75) is 26.2 Å². The number of aryl methyl sites for hydroxylation is 2. The fourth-order valence-corrected chi connectivity index (χ4v) is 3.92. The number of benzene rings is 2. The van der Waals surface area contributed by atoms with Crippen LogP contribution in [0.5, 0.6) is 0 Å². The first-order chi connectivity index (χ1) is 13.7. The van der Waals surface area contributed by atoms with Crippen LogP contribution in [0.15, 0.2) is 58.4 Å². The molecule has 0 fully saturated rings. The molecule has 2 heterocycles. The van der Waals surface area contributed by atoms with Crippen LogP contribution in [0.2, 0.25) is 0 Å². The number of unbranched alkanes of at least 4 members (excludes halogenated alkanes) is 1. The van der Waals surface area contributed by atoms with Gasteiger partial charge in [-0.25, -0.2) is 4.98 Å². The Hall–Kier alpha value is -2.99. The third kappa shape index (κ3) is 4.12. The van der Waals surface area contributed by atoms with E-state index in [1.54, 1.807) is 17.4 Å². The minimum atomic E-state index is -0.0767. The van der Waals surface area contributed by atoms with Crippen LogP contribution in [0, 0.1) is 6.92 Å². The van der Waals surface area contributed by atoms with E-state index in [2.05, 4.69) is 20.8 Å². The molecule has 0 saturated heterocycles. The fraction of sp³-hybridized carbons (Fsp3) is 0.227. The minimum Gasteiger partial charge on any atom is -0.355 e. The van der Waals surface area contributed by atoms with E-state index in [1.165, 1.54) is 0 Å². The van der Waals surface area contributed by atoms with Crippen LogP contribution in [0.1, 0.15) is 33.9 Å². The predicted octanol–water partition coefficient (Wildman–Crippen LogP) is 5.01. The summed E-state index contributed by atoms with van der Waals surface area (Å²) in [6.07, 6.45) is 2.90. The van der Waals surface area contributed by atoms with E-state index in [0.717, 1.165) is 46.4 Å². The fourth-order valence-electron chi connectivity index (χ4n) is 3.10. The highest BCUT2D eigenvalue weighted by atomic mass is 32.1. The van der Waals surface area contributed by atoms with Gasteiger partial charge in [-0.1, -0.05) is 35.5 Å². The van der Waals surface area contributed by atoms with Crippen LogP contribution >= 0.6 is 11.3 Å². The van der Waals surface area contributed by atoms with E-state index >= 15 is 0 Å². The molecule has 28 heavy (non-hydrogen) atoms. The summed E-state index contributed by atoms with van der Waals surface area (Å²) >= 11 is 1.70. The molecular weight excluding hydrogens is 370 g/mol. The summed E-state index contributed by atoms with van der Waals surface area (Å²) in [6.45, 7) is 2.66. The second kappa shape index (κ2) is 8.35. The summed E-state index contributed by atoms with van der Waals surface area (Å²) in [7, 11) is 0. The number of hydrogen-bond acceptors (Lipinski definition) is 5. The van der Waals surface area contributed by atoms with Gasteiger partial charge >= 0.3 is 0 Å². The monoisotopic (exact) mass is 391 g/mol. The maximum Gasteiger partial charge on any atom is 0.251 e. The first kappa shape index (κ1) is 18.4. The van der Waals surface area contributed by atoms with E-state index < -0.39 is 0 Å². The Balaban J connectivity index is 1.37. The molecule has 1 N–H and O–H groups in total. The highest BCUT2D eigenvalue weighted by molar-refractivity contribution is 7.09. The van der Waals surface area contributed by atoms with Crippen molar-refractivity contribution in [2.75, 3.05) is 6.54 Å². The van der Waals surface area contributed by atoms with Gasteiger partial charge in [0.05, 0.1) is 10.4 Å². The van der Waals surface area contributed by atoms with Crippen molar-refractivity contribution in [3.8, 4) is 11.3 Å². The molecule has 0 radical (unpaired) electrons. The van der Waals surface area contributed by atoms with Gasteiger partial charge in [-0.2, -0.15) is 0 Å². The van der Waals surface area contributed by atoms with E-state index in [9.17, 15) is 4.79 Å². The standard InChI is InChI=1S/C22H21N3O2S/c1-15-14-28-20(24-15)9-5-6-12-23-22(26)17-10-11-19-18(13-17)21(27-25-19)16-7-3-2-4-8-16/h2-4,7-8,10-11,13-14H,5-6,9,12H2,1H3,(H,23,26). The average Bonchev–Trinajstić information content (AvgIpc) is 3.33. The number of carbonyl (C=O) groups is 1. The number of carbonyl (C=O) groups excluding carboxylic acids is 1. The molecule has 5 nitrogen and oxygen atoms in total. The molecule has 2 aromatic carbocycles. The number of nitrogens with one attached hydrogen (secondary N) is 1. The van der Waals surface area contributed by atoms with Crippen LogP contribution in [0.3, 0.4) is 0 Å². The van der Waals surface area contributed by atoms with Gasteiger partial charge in [-0.15, -0.1) is 11.3 Å². The zero-order valence-electron chi connectivity index (χ0n) is 15.6. The summed E-state index contributed by atoms with van der Waals surface area (Å²) in [5.41, 5.74) is 3.38. The van der Waals surface area contributed by atoms with Crippen molar-refractivity contribution in [2.24, 2.45) is 0 Å². The Morgan fingerprint density at radius 2 is 2.00 bits per heavy atom. The van der Waals surface area contributed by atoms with Crippen LogP contribution in [-0.2, 0) is 6.42 Å². The van der Waals surface area contributed by atoms with Crippen LogP contribution in [0.25, 0.3) is 22.2 Å². The Kier molecular flexibility index (Phi) is 5.48. The Labute approximate surface area is 167 Å². The number of amides is 1. The first-order valence-corrected chi connectivity index (χ1v) is 10.2. The SMILES string of the molecule is Cc1csc(CCCCNC(=O)c2ccc3noc(-c4ccccc4)c3c2)n1. The third-order valence-electron chi connectivity index (χ3n) is 4.54. The Morgan fingerprint density at radius 3 is 2.79 bits per heavy atom. The zero-order chi connectivity index (χ0) is 19.3. The van der Waals surface area contributed by atoms with Crippen LogP contribution in [0.4, 0.5) is 0 Å². The van der Waals surface area contributed by atoms with Crippen molar-refractivity contribution >= 4 is 28.1 Å². The van der Waals surface area contributed by atoms with E-state index in [-0.39, 0.29) is 5.91 Å². The van der Waals surface area contributed by atoms with Crippen LogP contribution in [-0.4, -0.2) is 22.6 Å². The molecule has 0 aliphatic rings. The van der Waals surface area contributed by atoms with Gasteiger partial charge in [-0.3, -0.25) is 4.79 Å². The Morgan fingerprint density at radius 1 is 1.14 bits per heavy atom. The Bertz CT molecular complexity index is 1090. The van der Waals surface area contributed by atoms with Crippen molar-refractivity contribution in [3.05, 3.63) is 70.2 Å². The molecular formula is C22H21N3O2S. The summed E-state index contributed by atoms with van der Waals surface area (Å²) in [4.78, 5) is 17.0. The molecule has 1 amide bonds. The summed E-state index contributed by atoms with van der Waals surface area (Å²) in [5, 5.41) is 11.2. The third-order valence-corrected chi connectivity index (χ3v) is 5.57. The van der Waals surface area contributed by atoms with Gasteiger partial charge in [0.15, 0.2) is 5.76 Å². The predicted molar refractivity (Wildman–Crippen MR) is 112 cm³/mol. The van der Waals surface area contributed by atoms with E-state index in [1.807, 2.05) is 49.4 Å². The molecule has 2 aromatic heterocycles. The lowest BCUT2D eigenvalue weighted by Gasteiger charge is -2.05. The summed E-state index contributed by atoms with van der Waals surface area (Å²) in [5.74, 6) is 0.608. The highest BCUT2D eigenvalue weighted by Gasteiger charge is 2.13. The van der Waals surface area contributed by atoms with Gasteiger partial charge < -0.3 is 9.84 Å². The van der Waals surface area contributed by atoms with Crippen molar-refractivity contribution in [3.63, 3.8) is 0 Å². The molecule has 0 aliphatic carbocycles. The average molecular weight is 391 g/mol. The van der Waals surface area contributed by atoms with Gasteiger partial charge in [0.25, 0.3) is 5.91 Å². The molecule has 0 saturated carbocycles. The molecule has 0 atom stereocenters. The normalized spacial score (nSPS) is 11.0. The second-order valence-electron chi connectivity index (χ2n) is 6.71. The second-order valence-corrected chi connectivity index (χ2v) is 7.65. The first-order valence-electron chi connectivity index (χ1n) is 9.35. The number of fused-ring (bicyclic) bond motifs is 1. The molecule has 4 aromatic rings. The molecule has 142 valence electrons. The molecule has 0 spiro atoms. The maximum absolute atomic E-state index is 12.5. The molecule has 0 aliphatic heterocycles. The van der Waals surface area contributed by atoms with Gasteiger partial charge in [0.1, 0.15) is 5.52 Å².